The van der Waals surface area contributed by atoms with Crippen LogP contribution in [0.3, 0.4) is 0 Å². The second kappa shape index (κ2) is 8.19. The van der Waals surface area contributed by atoms with E-state index in [0.717, 1.165) is 0 Å². The molecular weight excluding hydrogens is 307 g/mol. The van der Waals surface area contributed by atoms with Gasteiger partial charge in [-0.15, -0.1) is 12.4 Å². The van der Waals surface area contributed by atoms with E-state index in [1.165, 1.54) is 4.90 Å². The normalized spacial score (nSPS) is 18.8. The Morgan fingerprint density at radius 2 is 1.76 bits per heavy atom. The van der Waals surface area contributed by atoms with Crippen molar-refractivity contribution in [1.29, 1.82) is 0 Å². The van der Waals surface area contributed by atoms with Crippen LogP contribution in [0.4, 0.5) is 13.2 Å². The molecule has 1 heterocycles. The number of amides is 1. The maximum Gasteiger partial charge on any atom is 0.405 e. The summed E-state index contributed by atoms with van der Waals surface area (Å²) in [5.41, 5.74) is -0.229. The van der Waals surface area contributed by atoms with Gasteiger partial charge >= 0.3 is 6.18 Å². The first-order chi connectivity index (χ1) is 9.09. The molecule has 0 aliphatic carbocycles. The minimum atomic E-state index is -4.33. The summed E-state index contributed by atoms with van der Waals surface area (Å²) in [5, 5.41) is 5.44. The Morgan fingerprint density at radius 1 is 1.24 bits per heavy atom. The van der Waals surface area contributed by atoms with Gasteiger partial charge in [-0.25, -0.2) is 0 Å². The molecule has 1 aliphatic rings. The topological polar surface area (TPSA) is 44.4 Å². The number of hydrogen-bond donors (Lipinski definition) is 2. The lowest BCUT2D eigenvalue weighted by Crippen LogP contribution is -2.57. The van der Waals surface area contributed by atoms with Crippen LogP contribution in [0.2, 0.25) is 0 Å². The van der Waals surface area contributed by atoms with Gasteiger partial charge in [-0.05, 0) is 5.41 Å². The summed E-state index contributed by atoms with van der Waals surface area (Å²) in [4.78, 5) is 13.0. The van der Waals surface area contributed by atoms with Crippen LogP contribution >= 0.6 is 12.4 Å². The first kappa shape index (κ1) is 20.5. The van der Waals surface area contributed by atoms with Gasteiger partial charge in [0.25, 0.3) is 0 Å². The summed E-state index contributed by atoms with van der Waals surface area (Å²) < 4.78 is 39.2. The van der Waals surface area contributed by atoms with Crippen molar-refractivity contribution in [3.05, 3.63) is 0 Å². The molecule has 1 saturated heterocycles. The highest BCUT2D eigenvalue weighted by Gasteiger charge is 2.43. The number of nitrogens with zero attached hydrogens (tertiary/aromatic N) is 1. The Kier molecular flexibility index (Phi) is 7.99. The molecule has 0 aromatic carbocycles. The molecule has 1 unspecified atom stereocenters. The molecule has 1 rings (SSSR count). The van der Waals surface area contributed by atoms with Crippen LogP contribution in [0.5, 0.6) is 0 Å². The largest absolute Gasteiger partial charge is 0.405 e. The van der Waals surface area contributed by atoms with E-state index in [4.69, 9.17) is 0 Å². The molecule has 0 aromatic heterocycles. The number of hydrogen-bond acceptors (Lipinski definition) is 3. The lowest BCUT2D eigenvalue weighted by Gasteiger charge is -2.36. The van der Waals surface area contributed by atoms with Crippen LogP contribution in [-0.2, 0) is 4.79 Å². The predicted octanol–water partition coefficient (Wildman–Crippen LogP) is 1.80. The van der Waals surface area contributed by atoms with E-state index >= 15 is 0 Å². The van der Waals surface area contributed by atoms with Crippen LogP contribution in [0.1, 0.15) is 27.2 Å². The van der Waals surface area contributed by atoms with Crippen molar-refractivity contribution < 1.29 is 18.0 Å². The molecule has 2 N–H and O–H groups in total. The van der Waals surface area contributed by atoms with Crippen molar-refractivity contribution in [3.8, 4) is 0 Å². The molecule has 0 radical (unpaired) electrons. The van der Waals surface area contributed by atoms with Crippen molar-refractivity contribution in [2.24, 2.45) is 5.41 Å². The third-order valence-electron chi connectivity index (χ3n) is 3.15. The summed E-state index contributed by atoms with van der Waals surface area (Å²) in [6, 6.07) is -1.60. The first-order valence-electron chi connectivity index (χ1n) is 6.88. The zero-order valence-corrected chi connectivity index (χ0v) is 13.5. The van der Waals surface area contributed by atoms with E-state index in [9.17, 15) is 18.0 Å². The fourth-order valence-electron chi connectivity index (χ4n) is 2.20. The fraction of sp³-hybridized carbons (Fsp3) is 0.923. The molecule has 8 heteroatoms. The van der Waals surface area contributed by atoms with Gasteiger partial charge in [0.05, 0.1) is 0 Å². The molecule has 126 valence electrons. The lowest BCUT2D eigenvalue weighted by atomic mass is 9.92. The van der Waals surface area contributed by atoms with Crippen LogP contribution in [0.15, 0.2) is 0 Å². The summed E-state index contributed by atoms with van der Waals surface area (Å²) in [5.74, 6) is -0.332. The number of nitrogens with one attached hydrogen (secondary N) is 2. The summed E-state index contributed by atoms with van der Waals surface area (Å²) in [6.45, 7) is 7.04. The van der Waals surface area contributed by atoms with Crippen LogP contribution in [0, 0.1) is 5.41 Å². The molecule has 0 bridgehead atoms. The average Bonchev–Trinajstić information content (AvgIpc) is 2.26. The van der Waals surface area contributed by atoms with Crippen LogP contribution in [0.25, 0.3) is 0 Å². The zero-order valence-electron chi connectivity index (χ0n) is 12.7. The highest BCUT2D eigenvalue weighted by molar-refractivity contribution is 5.85. The van der Waals surface area contributed by atoms with Crippen LogP contribution < -0.4 is 10.6 Å². The van der Waals surface area contributed by atoms with Gasteiger partial charge in [-0.1, -0.05) is 20.8 Å². The molecule has 1 atom stereocenters. The minimum absolute atomic E-state index is 0. The Balaban J connectivity index is 0.00000400. The monoisotopic (exact) mass is 331 g/mol. The number of alkyl halides is 3. The summed E-state index contributed by atoms with van der Waals surface area (Å²) in [6.07, 6.45) is -4.11. The SMILES string of the molecule is CC(C)(C)CC(=O)NCC(N1CCNCC1)C(F)(F)F.Cl. The van der Waals surface area contributed by atoms with E-state index in [0.29, 0.717) is 26.2 Å². The van der Waals surface area contributed by atoms with Gasteiger partial charge in [0, 0.05) is 39.1 Å². The van der Waals surface area contributed by atoms with Crippen molar-refractivity contribution in [2.75, 3.05) is 32.7 Å². The standard InChI is InChI=1S/C13H24F3N3O.ClH/c1-12(2,3)8-11(20)18-9-10(13(14,15)16)19-6-4-17-5-7-19;/h10,17H,4-9H2,1-3H3,(H,18,20);1H. The minimum Gasteiger partial charge on any atom is -0.354 e. The average molecular weight is 332 g/mol. The molecule has 1 aliphatic heterocycles. The van der Waals surface area contributed by atoms with Gasteiger partial charge in [0.2, 0.25) is 5.91 Å². The molecule has 0 aromatic rings. The van der Waals surface area contributed by atoms with Gasteiger partial charge < -0.3 is 10.6 Å². The quantitative estimate of drug-likeness (QED) is 0.825. The van der Waals surface area contributed by atoms with E-state index in [2.05, 4.69) is 10.6 Å². The maximum atomic E-state index is 13.1. The third-order valence-corrected chi connectivity index (χ3v) is 3.15. The summed E-state index contributed by atoms with van der Waals surface area (Å²) in [7, 11) is 0. The van der Waals surface area contributed by atoms with Gasteiger partial charge in [-0.3, -0.25) is 9.69 Å². The third kappa shape index (κ3) is 7.87. The highest BCUT2D eigenvalue weighted by atomic mass is 35.5. The molecule has 0 saturated carbocycles. The molecule has 1 fully saturated rings. The molecular formula is C13H25ClF3N3O. The van der Waals surface area contributed by atoms with Crippen molar-refractivity contribution in [1.82, 2.24) is 15.5 Å². The van der Waals surface area contributed by atoms with Crippen LogP contribution in [-0.4, -0.2) is 55.7 Å². The maximum absolute atomic E-state index is 13.1. The number of piperazine rings is 1. The second-order valence-electron chi connectivity index (χ2n) is 6.38. The fourth-order valence-corrected chi connectivity index (χ4v) is 2.20. The van der Waals surface area contributed by atoms with E-state index in [-0.39, 0.29) is 36.7 Å². The van der Waals surface area contributed by atoms with Gasteiger partial charge in [0.15, 0.2) is 0 Å². The smallest absolute Gasteiger partial charge is 0.354 e. The van der Waals surface area contributed by atoms with Crippen molar-refractivity contribution in [2.45, 2.75) is 39.4 Å². The van der Waals surface area contributed by atoms with E-state index in [1.54, 1.807) is 0 Å². The number of carbonyl (C=O) groups is 1. The zero-order chi connectivity index (χ0) is 15.4. The number of halogens is 4. The van der Waals surface area contributed by atoms with E-state index < -0.39 is 12.2 Å². The number of carbonyl (C=O) groups excluding carboxylic acids is 1. The van der Waals surface area contributed by atoms with Crippen molar-refractivity contribution in [3.63, 3.8) is 0 Å². The van der Waals surface area contributed by atoms with Crippen molar-refractivity contribution >= 4 is 18.3 Å². The Bertz CT molecular complexity index is 326. The molecule has 4 nitrogen and oxygen atoms in total. The number of rotatable bonds is 4. The van der Waals surface area contributed by atoms with Gasteiger partial charge in [0.1, 0.15) is 6.04 Å². The van der Waals surface area contributed by atoms with E-state index in [1.807, 2.05) is 20.8 Å². The molecule has 21 heavy (non-hydrogen) atoms. The molecule has 1 amide bonds. The Morgan fingerprint density at radius 3 is 2.19 bits per heavy atom. The Labute approximate surface area is 130 Å². The Hall–Kier alpha value is -0.530. The summed E-state index contributed by atoms with van der Waals surface area (Å²) >= 11 is 0. The van der Waals surface area contributed by atoms with Gasteiger partial charge in [-0.2, -0.15) is 13.2 Å². The first-order valence-corrected chi connectivity index (χ1v) is 6.88. The highest BCUT2D eigenvalue weighted by Crippen LogP contribution is 2.25. The molecule has 0 spiro atoms. The second-order valence-corrected chi connectivity index (χ2v) is 6.38. The predicted molar refractivity (Wildman–Crippen MR) is 78.6 cm³/mol. The lowest BCUT2D eigenvalue weighted by molar-refractivity contribution is -0.184.